The van der Waals surface area contributed by atoms with Gasteiger partial charge in [-0.05, 0) is 47.5 Å². The summed E-state index contributed by atoms with van der Waals surface area (Å²) >= 11 is 0. The zero-order valence-electron chi connectivity index (χ0n) is 13.4. The molecule has 0 aliphatic carbocycles. The SMILES string of the molecule is O=C(O)c1ccc(-c2ccc(-c3ccc(C(=O)O)cc3O)cc2O)cc1. The molecule has 3 rings (SSSR count). The molecule has 26 heavy (non-hydrogen) atoms. The maximum atomic E-state index is 10.9. The van der Waals surface area contributed by atoms with Crippen LogP contribution in [-0.4, -0.2) is 32.4 Å². The third kappa shape index (κ3) is 3.21. The number of carbonyl (C=O) groups is 2. The van der Waals surface area contributed by atoms with Crippen molar-refractivity contribution in [3.63, 3.8) is 0 Å². The van der Waals surface area contributed by atoms with Gasteiger partial charge in [-0.2, -0.15) is 0 Å². The fourth-order valence-electron chi connectivity index (χ4n) is 2.64. The van der Waals surface area contributed by atoms with Crippen LogP contribution in [0.1, 0.15) is 20.7 Å². The molecule has 6 nitrogen and oxygen atoms in total. The second-order valence-corrected chi connectivity index (χ2v) is 5.65. The third-order valence-corrected chi connectivity index (χ3v) is 4.00. The van der Waals surface area contributed by atoms with Crippen molar-refractivity contribution >= 4 is 11.9 Å². The molecule has 6 heteroatoms. The first-order valence-corrected chi connectivity index (χ1v) is 7.60. The third-order valence-electron chi connectivity index (χ3n) is 4.00. The predicted octanol–water partition coefficient (Wildman–Crippen LogP) is 3.83. The summed E-state index contributed by atoms with van der Waals surface area (Å²) in [6.07, 6.45) is 0. The first kappa shape index (κ1) is 17.0. The Labute approximate surface area is 148 Å². The molecule has 3 aromatic rings. The van der Waals surface area contributed by atoms with Gasteiger partial charge in [-0.3, -0.25) is 0 Å². The molecule has 130 valence electrons. The molecule has 0 atom stereocenters. The fourth-order valence-corrected chi connectivity index (χ4v) is 2.64. The van der Waals surface area contributed by atoms with E-state index in [2.05, 4.69) is 0 Å². The van der Waals surface area contributed by atoms with E-state index in [1.54, 1.807) is 24.3 Å². The monoisotopic (exact) mass is 350 g/mol. The molecule has 0 aliphatic rings. The molecule has 0 fully saturated rings. The number of aromatic carboxylic acids is 2. The highest BCUT2D eigenvalue weighted by atomic mass is 16.4. The largest absolute Gasteiger partial charge is 0.507 e. The molecule has 0 aromatic heterocycles. The van der Waals surface area contributed by atoms with Crippen LogP contribution in [0.25, 0.3) is 22.3 Å². The van der Waals surface area contributed by atoms with Crippen LogP contribution in [0.2, 0.25) is 0 Å². The smallest absolute Gasteiger partial charge is 0.335 e. The molecule has 0 saturated carbocycles. The van der Waals surface area contributed by atoms with Gasteiger partial charge in [-0.15, -0.1) is 0 Å². The average molecular weight is 350 g/mol. The second-order valence-electron chi connectivity index (χ2n) is 5.65. The van der Waals surface area contributed by atoms with Crippen molar-refractivity contribution in [2.24, 2.45) is 0 Å². The van der Waals surface area contributed by atoms with Gasteiger partial charge in [0.15, 0.2) is 0 Å². The molecular weight excluding hydrogens is 336 g/mol. The van der Waals surface area contributed by atoms with Gasteiger partial charge in [0.25, 0.3) is 0 Å². The van der Waals surface area contributed by atoms with Gasteiger partial charge < -0.3 is 20.4 Å². The summed E-state index contributed by atoms with van der Waals surface area (Å²) < 4.78 is 0. The van der Waals surface area contributed by atoms with E-state index in [1.165, 1.54) is 30.3 Å². The van der Waals surface area contributed by atoms with Gasteiger partial charge in [0.2, 0.25) is 0 Å². The minimum atomic E-state index is -1.14. The van der Waals surface area contributed by atoms with Crippen LogP contribution in [0.3, 0.4) is 0 Å². The number of hydrogen-bond acceptors (Lipinski definition) is 4. The molecular formula is C20H14O6. The Morgan fingerprint density at radius 3 is 1.58 bits per heavy atom. The molecule has 4 N–H and O–H groups in total. The summed E-state index contributed by atoms with van der Waals surface area (Å²) in [7, 11) is 0. The molecule has 0 bridgehead atoms. The summed E-state index contributed by atoms with van der Waals surface area (Å²) in [4.78, 5) is 21.8. The normalized spacial score (nSPS) is 10.5. The lowest BCUT2D eigenvalue weighted by atomic mass is 9.97. The minimum Gasteiger partial charge on any atom is -0.507 e. The van der Waals surface area contributed by atoms with E-state index in [1.807, 2.05) is 0 Å². The van der Waals surface area contributed by atoms with Crippen molar-refractivity contribution in [2.45, 2.75) is 0 Å². The van der Waals surface area contributed by atoms with E-state index in [0.29, 0.717) is 22.3 Å². The zero-order chi connectivity index (χ0) is 18.8. The summed E-state index contributed by atoms with van der Waals surface area (Å²) in [5.41, 5.74) is 2.16. The van der Waals surface area contributed by atoms with Crippen LogP contribution in [-0.2, 0) is 0 Å². The van der Waals surface area contributed by atoms with E-state index >= 15 is 0 Å². The van der Waals surface area contributed by atoms with Gasteiger partial charge in [-0.25, -0.2) is 9.59 Å². The molecule has 0 unspecified atom stereocenters. The van der Waals surface area contributed by atoms with Crippen LogP contribution in [0.5, 0.6) is 11.5 Å². The number of carboxylic acid groups (broad SMARTS) is 2. The highest BCUT2D eigenvalue weighted by molar-refractivity contribution is 5.90. The first-order chi connectivity index (χ1) is 12.4. The quantitative estimate of drug-likeness (QED) is 0.568. The van der Waals surface area contributed by atoms with E-state index in [4.69, 9.17) is 10.2 Å². The number of hydrogen-bond donors (Lipinski definition) is 4. The Balaban J connectivity index is 1.97. The van der Waals surface area contributed by atoms with Crippen molar-refractivity contribution in [3.05, 3.63) is 71.8 Å². The topological polar surface area (TPSA) is 115 Å². The van der Waals surface area contributed by atoms with Crippen LogP contribution in [0.4, 0.5) is 0 Å². The maximum Gasteiger partial charge on any atom is 0.335 e. The summed E-state index contributed by atoms with van der Waals surface area (Å²) in [5, 5.41) is 38.3. The Hall–Kier alpha value is -3.80. The Kier molecular flexibility index (Phi) is 4.33. The molecule has 0 amide bonds. The van der Waals surface area contributed by atoms with E-state index < -0.39 is 11.9 Å². The number of rotatable bonds is 4. The van der Waals surface area contributed by atoms with Gasteiger partial charge in [-0.1, -0.05) is 24.3 Å². The van der Waals surface area contributed by atoms with Crippen molar-refractivity contribution in [2.75, 3.05) is 0 Å². The molecule has 0 radical (unpaired) electrons. The lowest BCUT2D eigenvalue weighted by molar-refractivity contribution is 0.0686. The van der Waals surface area contributed by atoms with E-state index in [9.17, 15) is 19.8 Å². The van der Waals surface area contributed by atoms with Gasteiger partial charge in [0, 0.05) is 11.1 Å². The van der Waals surface area contributed by atoms with Crippen LogP contribution < -0.4 is 0 Å². The number of aromatic hydroxyl groups is 2. The Morgan fingerprint density at radius 1 is 0.577 bits per heavy atom. The molecule has 0 aliphatic heterocycles. The highest BCUT2D eigenvalue weighted by Gasteiger charge is 2.12. The van der Waals surface area contributed by atoms with Gasteiger partial charge in [0.05, 0.1) is 11.1 Å². The number of phenolic OH excluding ortho intramolecular Hbond substituents is 2. The molecule has 0 spiro atoms. The molecule has 0 heterocycles. The second kappa shape index (κ2) is 6.60. The van der Waals surface area contributed by atoms with Crippen LogP contribution in [0, 0.1) is 0 Å². The van der Waals surface area contributed by atoms with Crippen molar-refractivity contribution in [1.82, 2.24) is 0 Å². The Morgan fingerprint density at radius 2 is 1.04 bits per heavy atom. The van der Waals surface area contributed by atoms with E-state index in [0.717, 1.165) is 6.07 Å². The molecule has 3 aromatic carbocycles. The minimum absolute atomic E-state index is 0.0365. The number of phenols is 2. The number of benzene rings is 3. The summed E-state index contributed by atoms with van der Waals surface area (Å²) in [6.45, 7) is 0. The number of carboxylic acids is 2. The van der Waals surface area contributed by atoms with Crippen molar-refractivity contribution in [1.29, 1.82) is 0 Å². The summed E-state index contributed by atoms with van der Waals surface area (Å²) in [6, 6.07) is 14.8. The highest BCUT2D eigenvalue weighted by Crippen LogP contribution is 2.36. The zero-order valence-corrected chi connectivity index (χ0v) is 13.4. The van der Waals surface area contributed by atoms with Crippen molar-refractivity contribution in [3.8, 4) is 33.8 Å². The standard InChI is InChI=1S/C20H14O6/c21-17-9-13(16-8-6-14(20(25)26)10-18(16)22)5-7-15(17)11-1-3-12(4-2-11)19(23)24/h1-10,21-22H,(H,23,24)(H,25,26). The predicted molar refractivity (Wildman–Crippen MR) is 94.6 cm³/mol. The lowest BCUT2D eigenvalue weighted by Gasteiger charge is -2.10. The maximum absolute atomic E-state index is 10.9. The van der Waals surface area contributed by atoms with Crippen LogP contribution in [0.15, 0.2) is 60.7 Å². The first-order valence-electron chi connectivity index (χ1n) is 7.60. The van der Waals surface area contributed by atoms with Gasteiger partial charge in [0.1, 0.15) is 11.5 Å². The lowest BCUT2D eigenvalue weighted by Crippen LogP contribution is -1.96. The average Bonchev–Trinajstić information content (AvgIpc) is 2.61. The van der Waals surface area contributed by atoms with Crippen molar-refractivity contribution < 1.29 is 30.0 Å². The van der Waals surface area contributed by atoms with Gasteiger partial charge >= 0.3 is 11.9 Å². The summed E-state index contributed by atoms with van der Waals surface area (Å²) in [5.74, 6) is -2.43. The Bertz CT molecular complexity index is 1010. The fraction of sp³-hybridized carbons (Fsp3) is 0. The van der Waals surface area contributed by atoms with Crippen LogP contribution >= 0.6 is 0 Å². The molecule has 0 saturated heterocycles. The van der Waals surface area contributed by atoms with E-state index in [-0.39, 0.29) is 22.6 Å².